The quantitative estimate of drug-likeness (QED) is 0.303. The van der Waals surface area contributed by atoms with Crippen LogP contribution in [-0.2, 0) is 6.42 Å². The van der Waals surface area contributed by atoms with Crippen molar-refractivity contribution in [3.05, 3.63) is 101 Å². The molecule has 1 aliphatic rings. The number of Topliss-reactive ketones (excluding diaryl/α,β-unsaturated/α-hetero) is 1. The van der Waals surface area contributed by atoms with Crippen molar-refractivity contribution in [2.45, 2.75) is 40.2 Å². The second-order valence-corrected chi connectivity index (χ2v) is 9.08. The molecular weight excluding hydrogens is 434 g/mol. The lowest BCUT2D eigenvalue weighted by molar-refractivity contribution is 0.102. The molecule has 3 aromatic carbocycles. The minimum atomic E-state index is -0.00699. The van der Waals surface area contributed by atoms with Crippen molar-refractivity contribution in [2.75, 3.05) is 26.2 Å². The monoisotopic (exact) mass is 469 g/mol. The van der Waals surface area contributed by atoms with E-state index in [-0.39, 0.29) is 11.9 Å². The van der Waals surface area contributed by atoms with Crippen LogP contribution in [0.4, 0.5) is 0 Å². The van der Waals surface area contributed by atoms with Crippen LogP contribution in [-0.4, -0.2) is 43.0 Å². The fraction of sp³-hybridized carbons (Fsp3) is 0.323. The van der Waals surface area contributed by atoms with E-state index < -0.39 is 0 Å². The summed E-state index contributed by atoms with van der Waals surface area (Å²) < 4.78 is 11.9. The molecule has 0 saturated heterocycles. The standard InChI is InChI=1S/C31H35NO3/c1-5-32(6-2)19-20-34-25-17-15-23(16-18-25)30-26-12-8-7-11-24(26)21-28(30)31(33)27-13-9-10-14-29(27)35-22(3)4/h7-18,22H,5-6,19-21H2,1-4H3. The number of likely N-dealkylation sites (N-methyl/N-ethyl adjacent to an activating group) is 1. The van der Waals surface area contributed by atoms with E-state index in [1.54, 1.807) is 0 Å². The molecule has 0 fully saturated rings. The van der Waals surface area contributed by atoms with Crippen LogP contribution >= 0.6 is 0 Å². The van der Waals surface area contributed by atoms with Gasteiger partial charge in [0.05, 0.1) is 11.7 Å². The Morgan fingerprint density at radius 1 is 0.914 bits per heavy atom. The highest BCUT2D eigenvalue weighted by Crippen LogP contribution is 2.40. The van der Waals surface area contributed by atoms with Crippen LogP contribution in [0.25, 0.3) is 5.57 Å². The lowest BCUT2D eigenvalue weighted by Gasteiger charge is -2.18. The molecule has 0 atom stereocenters. The van der Waals surface area contributed by atoms with E-state index in [1.807, 2.05) is 62.4 Å². The summed E-state index contributed by atoms with van der Waals surface area (Å²) in [4.78, 5) is 16.2. The van der Waals surface area contributed by atoms with Crippen molar-refractivity contribution in [1.82, 2.24) is 4.90 Å². The maximum Gasteiger partial charge on any atom is 0.193 e. The first kappa shape index (κ1) is 24.7. The Balaban J connectivity index is 1.65. The van der Waals surface area contributed by atoms with Crippen molar-refractivity contribution in [1.29, 1.82) is 0 Å². The highest BCUT2D eigenvalue weighted by atomic mass is 16.5. The minimum absolute atomic E-state index is 0.00699. The first-order valence-electron chi connectivity index (χ1n) is 12.6. The summed E-state index contributed by atoms with van der Waals surface area (Å²) in [6, 6.07) is 24.0. The zero-order valence-corrected chi connectivity index (χ0v) is 21.2. The third-order valence-corrected chi connectivity index (χ3v) is 6.44. The maximum absolute atomic E-state index is 13.9. The molecule has 4 nitrogen and oxygen atoms in total. The Labute approximate surface area is 209 Å². The number of para-hydroxylation sites is 1. The van der Waals surface area contributed by atoms with Crippen LogP contribution < -0.4 is 9.47 Å². The molecule has 1 aliphatic carbocycles. The molecule has 0 spiro atoms. The average Bonchev–Trinajstić information content (AvgIpc) is 3.26. The largest absolute Gasteiger partial charge is 0.492 e. The summed E-state index contributed by atoms with van der Waals surface area (Å²) in [5.41, 5.74) is 5.73. The number of ketones is 1. The number of hydrogen-bond donors (Lipinski definition) is 0. The van der Waals surface area contributed by atoms with Crippen LogP contribution in [0.5, 0.6) is 11.5 Å². The van der Waals surface area contributed by atoms with Crippen LogP contribution in [0, 0.1) is 0 Å². The van der Waals surface area contributed by atoms with Gasteiger partial charge in [-0.05, 0) is 73.5 Å². The second kappa shape index (κ2) is 11.4. The van der Waals surface area contributed by atoms with E-state index in [1.165, 1.54) is 5.56 Å². The molecule has 0 N–H and O–H groups in total. The molecule has 35 heavy (non-hydrogen) atoms. The van der Waals surface area contributed by atoms with Crippen molar-refractivity contribution >= 4 is 11.4 Å². The molecule has 0 bridgehead atoms. The lowest BCUT2D eigenvalue weighted by Crippen LogP contribution is -2.27. The molecule has 4 rings (SSSR count). The Hall–Kier alpha value is -3.37. The number of hydrogen-bond acceptors (Lipinski definition) is 4. The first-order chi connectivity index (χ1) is 17.0. The van der Waals surface area contributed by atoms with Gasteiger partial charge in [-0.1, -0.05) is 62.4 Å². The summed E-state index contributed by atoms with van der Waals surface area (Å²) in [6.45, 7) is 11.9. The van der Waals surface area contributed by atoms with Gasteiger partial charge in [0, 0.05) is 18.5 Å². The second-order valence-electron chi connectivity index (χ2n) is 9.08. The van der Waals surface area contributed by atoms with Gasteiger partial charge in [0.2, 0.25) is 0 Å². The van der Waals surface area contributed by atoms with Gasteiger partial charge in [0.15, 0.2) is 5.78 Å². The Kier molecular flexibility index (Phi) is 8.04. The average molecular weight is 470 g/mol. The molecule has 0 amide bonds. The summed E-state index contributed by atoms with van der Waals surface area (Å²) >= 11 is 0. The van der Waals surface area contributed by atoms with Gasteiger partial charge in [-0.3, -0.25) is 4.79 Å². The molecule has 3 aromatic rings. The van der Waals surface area contributed by atoms with Gasteiger partial charge in [0.25, 0.3) is 0 Å². The van der Waals surface area contributed by atoms with Crippen molar-refractivity contribution < 1.29 is 14.3 Å². The SMILES string of the molecule is CCN(CC)CCOc1ccc(C2=C(C(=O)c3ccccc3OC(C)C)Cc3ccccc32)cc1. The van der Waals surface area contributed by atoms with Gasteiger partial charge in [-0.25, -0.2) is 0 Å². The lowest BCUT2D eigenvalue weighted by atomic mass is 9.93. The molecule has 0 aromatic heterocycles. The Morgan fingerprint density at radius 2 is 1.60 bits per heavy atom. The van der Waals surface area contributed by atoms with Gasteiger partial charge < -0.3 is 14.4 Å². The molecule has 0 radical (unpaired) electrons. The fourth-order valence-electron chi connectivity index (χ4n) is 4.61. The topological polar surface area (TPSA) is 38.8 Å². The van der Waals surface area contributed by atoms with E-state index in [4.69, 9.17) is 9.47 Å². The van der Waals surface area contributed by atoms with E-state index in [0.717, 1.165) is 47.7 Å². The molecule has 4 heteroatoms. The van der Waals surface area contributed by atoms with Crippen LogP contribution in [0.15, 0.2) is 78.4 Å². The summed E-state index contributed by atoms with van der Waals surface area (Å²) in [6.07, 6.45) is 0.607. The number of fused-ring (bicyclic) bond motifs is 1. The normalized spacial score (nSPS) is 12.9. The van der Waals surface area contributed by atoms with E-state index >= 15 is 0 Å². The third-order valence-electron chi connectivity index (χ3n) is 6.44. The highest BCUT2D eigenvalue weighted by molar-refractivity contribution is 6.17. The zero-order valence-electron chi connectivity index (χ0n) is 21.2. The van der Waals surface area contributed by atoms with Crippen molar-refractivity contribution in [3.8, 4) is 11.5 Å². The number of allylic oxidation sites excluding steroid dienone is 1. The fourth-order valence-corrected chi connectivity index (χ4v) is 4.61. The Morgan fingerprint density at radius 3 is 2.31 bits per heavy atom. The third kappa shape index (κ3) is 5.66. The van der Waals surface area contributed by atoms with Crippen LogP contribution in [0.1, 0.15) is 54.7 Å². The number of carbonyl (C=O) groups is 1. The summed E-state index contributed by atoms with van der Waals surface area (Å²) in [5, 5.41) is 0. The number of ether oxygens (including phenoxy) is 2. The van der Waals surface area contributed by atoms with Crippen LogP contribution in [0.2, 0.25) is 0 Å². The summed E-state index contributed by atoms with van der Waals surface area (Å²) in [7, 11) is 0. The molecule has 0 unspecified atom stereocenters. The highest BCUT2D eigenvalue weighted by Gasteiger charge is 2.29. The zero-order chi connectivity index (χ0) is 24.8. The Bertz CT molecular complexity index is 1190. The number of rotatable bonds is 11. The van der Waals surface area contributed by atoms with Gasteiger partial charge >= 0.3 is 0 Å². The molecule has 182 valence electrons. The molecular formula is C31H35NO3. The van der Waals surface area contributed by atoms with Gasteiger partial charge in [-0.2, -0.15) is 0 Å². The number of benzene rings is 3. The van der Waals surface area contributed by atoms with E-state index in [9.17, 15) is 4.79 Å². The van der Waals surface area contributed by atoms with Crippen molar-refractivity contribution in [2.24, 2.45) is 0 Å². The smallest absolute Gasteiger partial charge is 0.193 e. The molecule has 0 aliphatic heterocycles. The van der Waals surface area contributed by atoms with E-state index in [2.05, 4.69) is 43.0 Å². The summed E-state index contributed by atoms with van der Waals surface area (Å²) in [5.74, 6) is 1.50. The molecule has 0 heterocycles. The number of nitrogens with zero attached hydrogens (tertiary/aromatic N) is 1. The minimum Gasteiger partial charge on any atom is -0.492 e. The van der Waals surface area contributed by atoms with Gasteiger partial charge in [0.1, 0.15) is 18.1 Å². The predicted molar refractivity (Wildman–Crippen MR) is 142 cm³/mol. The van der Waals surface area contributed by atoms with Crippen molar-refractivity contribution in [3.63, 3.8) is 0 Å². The number of carbonyl (C=O) groups excluding carboxylic acids is 1. The van der Waals surface area contributed by atoms with E-state index in [0.29, 0.717) is 24.3 Å². The first-order valence-corrected chi connectivity index (χ1v) is 12.6. The van der Waals surface area contributed by atoms with Crippen LogP contribution in [0.3, 0.4) is 0 Å². The molecule has 0 saturated carbocycles. The van der Waals surface area contributed by atoms with Gasteiger partial charge in [-0.15, -0.1) is 0 Å². The maximum atomic E-state index is 13.9. The predicted octanol–water partition coefficient (Wildman–Crippen LogP) is 6.44.